The third kappa shape index (κ3) is 3.90. The van der Waals surface area contributed by atoms with Gasteiger partial charge in [-0.25, -0.2) is 15.5 Å². The molecule has 4 atom stereocenters. The number of nitrogens with two attached hydrogens (primary N) is 1. The summed E-state index contributed by atoms with van der Waals surface area (Å²) in [6.45, 7) is 4.89. The topological polar surface area (TPSA) is 146 Å². The predicted molar refractivity (Wildman–Crippen MR) is 80.7 cm³/mol. The van der Waals surface area contributed by atoms with Gasteiger partial charge in [0.15, 0.2) is 12.3 Å². The summed E-state index contributed by atoms with van der Waals surface area (Å²) >= 11 is 0. The summed E-state index contributed by atoms with van der Waals surface area (Å²) in [7, 11) is 0. The maximum absolute atomic E-state index is 12.3. The predicted octanol–water partition coefficient (Wildman–Crippen LogP) is -1.36. The monoisotopic (exact) mass is 343 g/mol. The number of aromatic amines is 1. The molecule has 24 heavy (non-hydrogen) atoms. The average molecular weight is 343 g/mol. The molecule has 2 heterocycles. The number of hydrogen-bond acceptors (Lipinski definition) is 8. The van der Waals surface area contributed by atoms with Crippen LogP contribution in [0.25, 0.3) is 0 Å². The molecule has 0 unspecified atom stereocenters. The second kappa shape index (κ2) is 6.85. The highest BCUT2D eigenvalue weighted by molar-refractivity contribution is 5.76. The van der Waals surface area contributed by atoms with Crippen molar-refractivity contribution >= 4 is 5.97 Å². The van der Waals surface area contributed by atoms with Gasteiger partial charge in [0.05, 0.1) is 12.5 Å². The number of nitrogens with zero attached hydrogens (tertiary/aromatic N) is 1. The number of carbonyl (C=O) groups is 1. The Labute approximate surface area is 137 Å². The number of ether oxygens (including phenoxy) is 2. The molecule has 1 aliphatic rings. The smallest absolute Gasteiger partial charge is 0.336 e. The van der Waals surface area contributed by atoms with Crippen LogP contribution < -0.4 is 17.1 Å². The second-order valence-corrected chi connectivity index (χ2v) is 6.49. The Balaban J connectivity index is 2.31. The van der Waals surface area contributed by atoms with Crippen molar-refractivity contribution in [2.24, 2.45) is 11.8 Å². The zero-order valence-corrected chi connectivity index (χ0v) is 13.6. The van der Waals surface area contributed by atoms with Gasteiger partial charge in [0, 0.05) is 12.3 Å². The molecular weight excluding hydrogens is 322 g/mol. The minimum absolute atomic E-state index is 0.181. The first-order valence-electron chi connectivity index (χ1n) is 7.33. The lowest BCUT2D eigenvalue weighted by Gasteiger charge is -2.24. The third-order valence-electron chi connectivity index (χ3n) is 3.46. The lowest BCUT2D eigenvalue weighted by molar-refractivity contribution is -0.172. The zero-order chi connectivity index (χ0) is 18.1. The van der Waals surface area contributed by atoms with Gasteiger partial charge in [0.25, 0.3) is 5.56 Å². The van der Waals surface area contributed by atoms with Crippen LogP contribution in [0.3, 0.4) is 0 Å². The fourth-order valence-electron chi connectivity index (χ4n) is 2.47. The maximum Gasteiger partial charge on any atom is 0.336 e. The van der Waals surface area contributed by atoms with E-state index in [1.807, 2.05) is 0 Å². The van der Waals surface area contributed by atoms with Crippen LogP contribution in [0.4, 0.5) is 0 Å². The second-order valence-electron chi connectivity index (χ2n) is 6.49. The number of aromatic nitrogens is 2. The lowest BCUT2D eigenvalue weighted by Crippen LogP contribution is -2.39. The Hall–Kier alpha value is -2.01. The lowest BCUT2D eigenvalue weighted by atomic mass is 9.98. The largest absolute Gasteiger partial charge is 0.458 e. The summed E-state index contributed by atoms with van der Waals surface area (Å²) in [5.41, 5.74) is -2.12. The van der Waals surface area contributed by atoms with E-state index in [2.05, 4.69) is 9.82 Å². The molecule has 0 saturated carbocycles. The van der Waals surface area contributed by atoms with Crippen LogP contribution in [0.2, 0.25) is 0 Å². The van der Waals surface area contributed by atoms with Crippen molar-refractivity contribution in [3.05, 3.63) is 33.1 Å². The van der Waals surface area contributed by atoms with E-state index in [1.54, 1.807) is 20.8 Å². The minimum Gasteiger partial charge on any atom is -0.458 e. The van der Waals surface area contributed by atoms with Gasteiger partial charge in [-0.15, -0.1) is 0 Å². The van der Waals surface area contributed by atoms with E-state index >= 15 is 0 Å². The van der Waals surface area contributed by atoms with Crippen molar-refractivity contribution in [2.45, 2.75) is 44.8 Å². The molecule has 0 bridgehead atoms. The summed E-state index contributed by atoms with van der Waals surface area (Å²) in [4.78, 5) is 41.9. The Morgan fingerprint density at radius 2 is 2.12 bits per heavy atom. The number of nitrogens with one attached hydrogen (secondary N) is 1. The van der Waals surface area contributed by atoms with Gasteiger partial charge in [-0.05, 0) is 20.8 Å². The number of esters is 1. The van der Waals surface area contributed by atoms with E-state index in [4.69, 9.17) is 15.4 Å². The average Bonchev–Trinajstić information content (AvgIpc) is 2.75. The summed E-state index contributed by atoms with van der Waals surface area (Å²) in [5.74, 6) is 3.52. The van der Waals surface area contributed by atoms with Crippen LogP contribution in [-0.2, 0) is 19.1 Å². The fourth-order valence-corrected chi connectivity index (χ4v) is 2.47. The van der Waals surface area contributed by atoms with E-state index in [1.165, 1.54) is 6.20 Å². The first-order valence-corrected chi connectivity index (χ1v) is 7.33. The first-order chi connectivity index (χ1) is 11.1. The van der Waals surface area contributed by atoms with Crippen molar-refractivity contribution in [1.82, 2.24) is 9.55 Å². The summed E-state index contributed by atoms with van der Waals surface area (Å²) in [5, 5.41) is 10.4. The normalized spacial score (nSPS) is 27.2. The Bertz CT molecular complexity index is 705. The molecule has 0 aliphatic carbocycles. The number of rotatable bonds is 4. The molecule has 10 heteroatoms. The van der Waals surface area contributed by atoms with Crippen LogP contribution in [0.15, 0.2) is 21.9 Å². The van der Waals surface area contributed by atoms with Gasteiger partial charge in [-0.1, -0.05) is 0 Å². The standard InChI is InChI=1S/C14H21N3O7/c1-14(2,3)24-12(20)10-7(6-22-15)9(19)11(23-10)17-5-4-8(18)16-13(17)21/h4-5,7,9-11,19H,6,15H2,1-3H3,(H,16,18,21)/t7-,9+,10-,11+/m0/s1. The maximum atomic E-state index is 12.3. The van der Waals surface area contributed by atoms with E-state index < -0.39 is 47.2 Å². The molecule has 0 radical (unpaired) electrons. The van der Waals surface area contributed by atoms with Gasteiger partial charge in [-0.3, -0.25) is 14.3 Å². The highest BCUT2D eigenvalue weighted by Gasteiger charge is 2.49. The summed E-state index contributed by atoms with van der Waals surface area (Å²) in [6.07, 6.45) is -2.46. The van der Waals surface area contributed by atoms with Crippen molar-refractivity contribution in [3.8, 4) is 0 Å². The fraction of sp³-hybridized carbons (Fsp3) is 0.643. The molecule has 0 spiro atoms. The van der Waals surface area contributed by atoms with Crippen LogP contribution in [0.1, 0.15) is 27.0 Å². The van der Waals surface area contributed by atoms with Gasteiger partial charge in [0.2, 0.25) is 0 Å². The molecule has 1 saturated heterocycles. The number of hydrogen-bond donors (Lipinski definition) is 3. The highest BCUT2D eigenvalue weighted by atomic mass is 16.6. The third-order valence-corrected chi connectivity index (χ3v) is 3.46. The summed E-state index contributed by atoms with van der Waals surface area (Å²) < 4.78 is 11.8. The number of carbonyl (C=O) groups excluding carboxylic acids is 1. The molecule has 2 rings (SSSR count). The molecule has 10 nitrogen and oxygen atoms in total. The molecule has 1 fully saturated rings. The van der Waals surface area contributed by atoms with Gasteiger partial charge < -0.3 is 19.4 Å². The van der Waals surface area contributed by atoms with Crippen molar-refractivity contribution in [2.75, 3.05) is 6.61 Å². The van der Waals surface area contributed by atoms with Gasteiger partial charge in [-0.2, -0.15) is 0 Å². The van der Waals surface area contributed by atoms with Gasteiger partial charge in [0.1, 0.15) is 11.7 Å². The van der Waals surface area contributed by atoms with Crippen LogP contribution in [0, 0.1) is 5.92 Å². The van der Waals surface area contributed by atoms with E-state index in [0.717, 1.165) is 10.6 Å². The number of H-pyrrole nitrogens is 1. The zero-order valence-electron chi connectivity index (χ0n) is 13.6. The Morgan fingerprint density at radius 3 is 2.67 bits per heavy atom. The van der Waals surface area contributed by atoms with Crippen LogP contribution in [0.5, 0.6) is 0 Å². The molecule has 0 amide bonds. The summed E-state index contributed by atoms with van der Waals surface area (Å²) in [6, 6.07) is 1.10. The van der Waals surface area contributed by atoms with Crippen molar-refractivity contribution < 1.29 is 24.2 Å². The van der Waals surface area contributed by atoms with E-state index in [0.29, 0.717) is 0 Å². The number of aliphatic hydroxyl groups excluding tert-OH is 1. The Morgan fingerprint density at radius 1 is 1.46 bits per heavy atom. The Kier molecular flexibility index (Phi) is 5.23. The SMILES string of the molecule is CC(C)(C)OC(=O)[C@H]1O[C@@H](n2ccc(=O)[nH]c2=O)[C@H](O)[C@@H]1CON. The first kappa shape index (κ1) is 18.3. The van der Waals surface area contributed by atoms with Crippen molar-refractivity contribution in [3.63, 3.8) is 0 Å². The highest BCUT2D eigenvalue weighted by Crippen LogP contribution is 2.34. The molecule has 1 aromatic rings. The molecule has 134 valence electrons. The number of aliphatic hydroxyl groups is 1. The molecular formula is C14H21N3O7. The minimum atomic E-state index is -1.27. The van der Waals surface area contributed by atoms with Crippen LogP contribution >= 0.6 is 0 Å². The van der Waals surface area contributed by atoms with E-state index in [-0.39, 0.29) is 6.61 Å². The molecule has 0 aromatic carbocycles. The van der Waals surface area contributed by atoms with Gasteiger partial charge >= 0.3 is 11.7 Å². The van der Waals surface area contributed by atoms with E-state index in [9.17, 15) is 19.5 Å². The van der Waals surface area contributed by atoms with Crippen molar-refractivity contribution in [1.29, 1.82) is 0 Å². The van der Waals surface area contributed by atoms with Crippen LogP contribution in [-0.4, -0.2) is 45.0 Å². The quantitative estimate of drug-likeness (QED) is 0.449. The molecule has 1 aromatic heterocycles. The molecule has 4 N–H and O–H groups in total. The molecule has 1 aliphatic heterocycles.